The third-order valence-electron chi connectivity index (χ3n) is 1.80. The minimum Gasteiger partial charge on any atom is -0.384 e. The summed E-state index contributed by atoms with van der Waals surface area (Å²) in [4.78, 5) is 0. The molecule has 1 atom stereocenters. The van der Waals surface area contributed by atoms with Gasteiger partial charge in [-0.1, -0.05) is 24.3 Å². The Labute approximate surface area is 89.3 Å². The average molecular weight is 227 g/mol. The molecule has 0 aliphatic carbocycles. The summed E-state index contributed by atoms with van der Waals surface area (Å²) in [5.74, 6) is 0. The zero-order valence-corrected chi connectivity index (χ0v) is 9.16. The predicted molar refractivity (Wildman–Crippen MR) is 60.1 cm³/mol. The predicted octanol–water partition coefficient (Wildman–Crippen LogP) is 1.28. The van der Waals surface area contributed by atoms with Crippen LogP contribution in [0.3, 0.4) is 0 Å². The molecule has 15 heavy (non-hydrogen) atoms. The highest BCUT2D eigenvalue weighted by atomic mass is 32.2. The van der Waals surface area contributed by atoms with E-state index in [2.05, 4.69) is 11.3 Å². The molecule has 0 fully saturated rings. The summed E-state index contributed by atoms with van der Waals surface area (Å²) in [5.41, 5.74) is 0.852. The normalized spacial score (nSPS) is 13.2. The van der Waals surface area contributed by atoms with Gasteiger partial charge in [-0.05, 0) is 6.07 Å². The molecule has 1 unspecified atom stereocenters. The number of hydrogen-bond donors (Lipinski definition) is 2. The second-order valence-electron chi connectivity index (χ2n) is 3.14. The molecule has 2 N–H and O–H groups in total. The van der Waals surface area contributed by atoms with Gasteiger partial charge in [-0.15, -0.1) is 6.58 Å². The van der Waals surface area contributed by atoms with Crippen LogP contribution in [0.15, 0.2) is 36.9 Å². The first-order chi connectivity index (χ1) is 6.94. The molecular formula is C10H13NO3S. The Morgan fingerprint density at radius 3 is 2.60 bits per heavy atom. The highest BCUT2D eigenvalue weighted by molar-refractivity contribution is 7.92. The maximum Gasteiger partial charge on any atom is 0.229 e. The molecule has 1 rings (SSSR count). The monoisotopic (exact) mass is 227 g/mol. The summed E-state index contributed by atoms with van der Waals surface area (Å²) in [5, 5.41) is 9.55. The van der Waals surface area contributed by atoms with Crippen molar-refractivity contribution in [3.05, 3.63) is 42.5 Å². The van der Waals surface area contributed by atoms with E-state index in [1.165, 1.54) is 6.08 Å². The molecule has 0 radical (unpaired) electrons. The second-order valence-corrected chi connectivity index (χ2v) is 4.89. The fourth-order valence-electron chi connectivity index (χ4n) is 1.17. The van der Waals surface area contributed by atoms with Crippen molar-refractivity contribution in [2.45, 2.75) is 6.10 Å². The lowest BCUT2D eigenvalue weighted by molar-refractivity contribution is 0.230. The maximum absolute atomic E-state index is 11.0. The molecular weight excluding hydrogens is 214 g/mol. The number of sulfonamides is 1. The highest BCUT2D eigenvalue weighted by Gasteiger charge is 2.11. The zero-order chi connectivity index (χ0) is 11.5. The van der Waals surface area contributed by atoms with Crippen LogP contribution in [-0.4, -0.2) is 19.8 Å². The fourth-order valence-corrected chi connectivity index (χ4v) is 1.76. The van der Waals surface area contributed by atoms with Gasteiger partial charge in [0.15, 0.2) is 0 Å². The zero-order valence-electron chi connectivity index (χ0n) is 8.34. The molecule has 0 aromatic heterocycles. The SMILES string of the molecule is C=CC(O)c1ccccc1NS(C)(=O)=O. The number of aliphatic hydroxyl groups is 1. The van der Waals surface area contributed by atoms with E-state index in [-0.39, 0.29) is 0 Å². The minimum atomic E-state index is -3.34. The molecule has 0 bridgehead atoms. The first-order valence-electron chi connectivity index (χ1n) is 4.31. The largest absolute Gasteiger partial charge is 0.384 e. The third kappa shape index (κ3) is 3.38. The Balaban J connectivity index is 3.12. The van der Waals surface area contributed by atoms with Gasteiger partial charge >= 0.3 is 0 Å². The van der Waals surface area contributed by atoms with Crippen molar-refractivity contribution in [2.75, 3.05) is 11.0 Å². The van der Waals surface area contributed by atoms with Crippen molar-refractivity contribution in [3.63, 3.8) is 0 Å². The molecule has 82 valence electrons. The Kier molecular flexibility index (Phi) is 3.49. The van der Waals surface area contributed by atoms with Crippen molar-refractivity contribution in [1.29, 1.82) is 0 Å². The molecule has 4 nitrogen and oxygen atoms in total. The lowest BCUT2D eigenvalue weighted by Crippen LogP contribution is -2.12. The quantitative estimate of drug-likeness (QED) is 0.761. The molecule has 0 spiro atoms. The Bertz CT molecular complexity index is 453. The summed E-state index contributed by atoms with van der Waals surface area (Å²) in [6.07, 6.45) is 1.52. The van der Waals surface area contributed by atoms with Gasteiger partial charge in [0.25, 0.3) is 0 Å². The van der Waals surface area contributed by atoms with Crippen LogP contribution in [0.25, 0.3) is 0 Å². The van der Waals surface area contributed by atoms with Crippen molar-refractivity contribution in [3.8, 4) is 0 Å². The van der Waals surface area contributed by atoms with Crippen LogP contribution in [0.4, 0.5) is 5.69 Å². The summed E-state index contributed by atoms with van der Waals surface area (Å²) >= 11 is 0. The summed E-state index contributed by atoms with van der Waals surface area (Å²) in [6, 6.07) is 6.63. The van der Waals surface area contributed by atoms with E-state index in [0.717, 1.165) is 6.26 Å². The van der Waals surface area contributed by atoms with Crippen molar-refractivity contribution in [2.24, 2.45) is 0 Å². The Hall–Kier alpha value is -1.33. The number of benzene rings is 1. The number of para-hydroxylation sites is 1. The van der Waals surface area contributed by atoms with Gasteiger partial charge in [-0.2, -0.15) is 0 Å². The van der Waals surface area contributed by atoms with Crippen LogP contribution in [0.2, 0.25) is 0 Å². The number of hydrogen-bond acceptors (Lipinski definition) is 3. The summed E-state index contributed by atoms with van der Waals surface area (Å²) in [7, 11) is -3.34. The van der Waals surface area contributed by atoms with Gasteiger partial charge in [-0.25, -0.2) is 8.42 Å². The van der Waals surface area contributed by atoms with Gasteiger partial charge < -0.3 is 5.11 Å². The van der Waals surface area contributed by atoms with Crippen LogP contribution in [0.1, 0.15) is 11.7 Å². The Morgan fingerprint density at radius 2 is 2.07 bits per heavy atom. The highest BCUT2D eigenvalue weighted by Crippen LogP contribution is 2.23. The summed E-state index contributed by atoms with van der Waals surface area (Å²) < 4.78 is 24.4. The maximum atomic E-state index is 11.0. The number of aliphatic hydroxyl groups excluding tert-OH is 1. The smallest absolute Gasteiger partial charge is 0.229 e. The fraction of sp³-hybridized carbons (Fsp3) is 0.200. The summed E-state index contributed by atoms with van der Waals surface area (Å²) in [6.45, 7) is 3.45. The molecule has 0 heterocycles. The van der Waals surface area contributed by atoms with Gasteiger partial charge in [0.1, 0.15) is 0 Å². The average Bonchev–Trinajstić information content (AvgIpc) is 2.15. The number of anilines is 1. The molecule has 1 aromatic rings. The van der Waals surface area contributed by atoms with Crippen LogP contribution >= 0.6 is 0 Å². The van der Waals surface area contributed by atoms with Crippen molar-refractivity contribution >= 4 is 15.7 Å². The van der Waals surface area contributed by atoms with Gasteiger partial charge in [0.05, 0.1) is 18.0 Å². The van der Waals surface area contributed by atoms with Crippen molar-refractivity contribution < 1.29 is 13.5 Å². The van der Waals surface area contributed by atoms with E-state index >= 15 is 0 Å². The van der Waals surface area contributed by atoms with Crippen LogP contribution in [0.5, 0.6) is 0 Å². The minimum absolute atomic E-state index is 0.368. The number of rotatable bonds is 4. The van der Waals surface area contributed by atoms with E-state index < -0.39 is 16.1 Å². The molecule has 0 aliphatic heterocycles. The molecule has 1 aromatic carbocycles. The Morgan fingerprint density at radius 1 is 1.47 bits per heavy atom. The van der Waals surface area contributed by atoms with E-state index in [4.69, 9.17) is 0 Å². The molecule has 0 saturated carbocycles. The van der Waals surface area contributed by atoms with Crippen LogP contribution < -0.4 is 4.72 Å². The van der Waals surface area contributed by atoms with Crippen LogP contribution in [-0.2, 0) is 10.0 Å². The number of nitrogens with one attached hydrogen (secondary N) is 1. The van der Waals surface area contributed by atoms with E-state index in [1.807, 2.05) is 0 Å². The molecule has 5 heteroatoms. The van der Waals surface area contributed by atoms with E-state index in [9.17, 15) is 13.5 Å². The first-order valence-corrected chi connectivity index (χ1v) is 6.20. The van der Waals surface area contributed by atoms with E-state index in [1.54, 1.807) is 24.3 Å². The standard InChI is InChI=1S/C10H13NO3S/c1-3-10(12)8-6-4-5-7-9(8)11-15(2,13)14/h3-7,10-12H,1H2,2H3. The third-order valence-corrected chi connectivity index (χ3v) is 2.39. The lowest BCUT2D eigenvalue weighted by Gasteiger charge is -2.12. The molecule has 0 saturated heterocycles. The molecule has 0 aliphatic rings. The molecule has 0 amide bonds. The topological polar surface area (TPSA) is 66.4 Å². The second kappa shape index (κ2) is 4.46. The van der Waals surface area contributed by atoms with Gasteiger partial charge in [0.2, 0.25) is 10.0 Å². The first kappa shape index (κ1) is 11.7. The van der Waals surface area contributed by atoms with Crippen molar-refractivity contribution in [1.82, 2.24) is 0 Å². The van der Waals surface area contributed by atoms with E-state index in [0.29, 0.717) is 11.3 Å². The van der Waals surface area contributed by atoms with Gasteiger partial charge in [0, 0.05) is 5.56 Å². The van der Waals surface area contributed by atoms with Crippen LogP contribution in [0, 0.1) is 0 Å². The van der Waals surface area contributed by atoms with Gasteiger partial charge in [-0.3, -0.25) is 4.72 Å². The lowest BCUT2D eigenvalue weighted by atomic mass is 10.1.